The van der Waals surface area contributed by atoms with Crippen molar-refractivity contribution in [3.8, 4) is 0 Å². The molecule has 86 valence electrons. The van der Waals surface area contributed by atoms with E-state index >= 15 is 0 Å². The lowest BCUT2D eigenvalue weighted by molar-refractivity contribution is -0.387. The first-order valence-corrected chi connectivity index (χ1v) is 4.64. The van der Waals surface area contributed by atoms with E-state index in [1.165, 1.54) is 6.07 Å². The summed E-state index contributed by atoms with van der Waals surface area (Å²) >= 11 is 0. The predicted octanol–water partition coefficient (Wildman–Crippen LogP) is 2.31. The second kappa shape index (κ2) is 4.69. The van der Waals surface area contributed by atoms with Crippen molar-refractivity contribution in [2.75, 3.05) is 0 Å². The molecule has 0 saturated heterocycles. The van der Waals surface area contributed by atoms with Crippen LogP contribution in [-0.4, -0.2) is 16.0 Å². The Morgan fingerprint density at radius 2 is 2.25 bits per heavy atom. The fourth-order valence-corrected chi connectivity index (χ4v) is 1.44. The molecule has 1 N–H and O–H groups in total. The minimum absolute atomic E-state index is 0.239. The van der Waals surface area contributed by atoms with E-state index in [1.54, 1.807) is 6.92 Å². The number of aliphatic carboxylic acids is 1. The van der Waals surface area contributed by atoms with E-state index in [0.717, 1.165) is 12.1 Å². The first-order valence-electron chi connectivity index (χ1n) is 4.64. The molecule has 16 heavy (non-hydrogen) atoms. The van der Waals surface area contributed by atoms with Gasteiger partial charge in [0.2, 0.25) is 5.82 Å². The van der Waals surface area contributed by atoms with Crippen molar-refractivity contribution in [3.05, 3.63) is 39.7 Å². The fraction of sp³-hybridized carbons (Fsp3) is 0.300. The first-order chi connectivity index (χ1) is 7.47. The number of carboxylic acid groups (broad SMARTS) is 1. The van der Waals surface area contributed by atoms with Crippen LogP contribution >= 0.6 is 0 Å². The van der Waals surface area contributed by atoms with Gasteiger partial charge in [0.15, 0.2) is 0 Å². The molecular weight excluding hydrogens is 217 g/mol. The van der Waals surface area contributed by atoms with Crippen LogP contribution in [0.2, 0.25) is 0 Å². The molecule has 6 heteroatoms. The molecule has 0 aliphatic rings. The predicted molar refractivity (Wildman–Crippen MR) is 53.7 cm³/mol. The Hall–Kier alpha value is -1.98. The van der Waals surface area contributed by atoms with Crippen molar-refractivity contribution in [1.82, 2.24) is 0 Å². The number of benzene rings is 1. The van der Waals surface area contributed by atoms with Gasteiger partial charge >= 0.3 is 11.7 Å². The average molecular weight is 227 g/mol. The van der Waals surface area contributed by atoms with Crippen LogP contribution in [0.15, 0.2) is 18.2 Å². The van der Waals surface area contributed by atoms with Gasteiger partial charge in [-0.3, -0.25) is 14.9 Å². The van der Waals surface area contributed by atoms with E-state index in [-0.39, 0.29) is 12.0 Å². The van der Waals surface area contributed by atoms with Gasteiger partial charge < -0.3 is 5.11 Å². The van der Waals surface area contributed by atoms with Crippen molar-refractivity contribution < 1.29 is 19.2 Å². The van der Waals surface area contributed by atoms with Gasteiger partial charge in [-0.2, -0.15) is 4.39 Å². The number of halogens is 1. The van der Waals surface area contributed by atoms with Gasteiger partial charge in [-0.15, -0.1) is 0 Å². The molecule has 0 radical (unpaired) electrons. The zero-order valence-corrected chi connectivity index (χ0v) is 8.51. The Bertz CT molecular complexity index is 433. The van der Waals surface area contributed by atoms with E-state index in [9.17, 15) is 19.3 Å². The van der Waals surface area contributed by atoms with Crippen LogP contribution in [0.3, 0.4) is 0 Å². The first kappa shape index (κ1) is 12.1. The number of hydrogen-bond acceptors (Lipinski definition) is 3. The summed E-state index contributed by atoms with van der Waals surface area (Å²) in [6.45, 7) is 1.65. The molecule has 0 fully saturated rings. The molecule has 1 atom stereocenters. The topological polar surface area (TPSA) is 80.4 Å². The lowest BCUT2D eigenvalue weighted by atomic mass is 9.96. The summed E-state index contributed by atoms with van der Waals surface area (Å²) in [6, 6.07) is 3.14. The maximum Gasteiger partial charge on any atom is 0.310 e. The molecule has 0 aliphatic carbocycles. The number of rotatable bonds is 4. The van der Waals surface area contributed by atoms with E-state index in [2.05, 4.69) is 0 Å². The Balaban J connectivity index is 3.21. The highest BCUT2D eigenvalue weighted by Gasteiger charge is 2.22. The number of nitro benzene ring substituents is 1. The summed E-state index contributed by atoms with van der Waals surface area (Å²) in [5, 5.41) is 19.3. The highest BCUT2D eigenvalue weighted by atomic mass is 19.1. The van der Waals surface area contributed by atoms with Crippen LogP contribution in [0.1, 0.15) is 24.8 Å². The van der Waals surface area contributed by atoms with Crippen molar-refractivity contribution in [2.45, 2.75) is 19.3 Å². The quantitative estimate of drug-likeness (QED) is 0.632. The van der Waals surface area contributed by atoms with Crippen LogP contribution in [0.4, 0.5) is 10.1 Å². The standard InChI is InChI=1S/C10H10FNO4/c1-2-7(10(13)14)6-3-4-8(11)9(5-6)12(15)16/h3-5,7H,2H2,1H3,(H,13,14). The number of nitro groups is 1. The van der Waals surface area contributed by atoms with Crippen molar-refractivity contribution in [1.29, 1.82) is 0 Å². The van der Waals surface area contributed by atoms with Gasteiger partial charge in [0, 0.05) is 6.07 Å². The lowest BCUT2D eigenvalue weighted by Gasteiger charge is -2.09. The molecule has 0 bridgehead atoms. The molecule has 5 nitrogen and oxygen atoms in total. The van der Waals surface area contributed by atoms with E-state index in [4.69, 9.17) is 5.11 Å². The average Bonchev–Trinajstić information content (AvgIpc) is 2.20. The van der Waals surface area contributed by atoms with Gasteiger partial charge in [-0.25, -0.2) is 0 Å². The molecule has 1 aromatic carbocycles. The molecule has 0 aliphatic heterocycles. The smallest absolute Gasteiger partial charge is 0.310 e. The van der Waals surface area contributed by atoms with Crippen LogP contribution < -0.4 is 0 Å². The minimum Gasteiger partial charge on any atom is -0.481 e. The number of hydrogen-bond donors (Lipinski definition) is 1. The van der Waals surface area contributed by atoms with Crippen molar-refractivity contribution in [3.63, 3.8) is 0 Å². The number of carbonyl (C=O) groups is 1. The van der Waals surface area contributed by atoms with E-state index in [1.807, 2.05) is 0 Å². The lowest BCUT2D eigenvalue weighted by Crippen LogP contribution is -2.11. The van der Waals surface area contributed by atoms with Crippen molar-refractivity contribution in [2.24, 2.45) is 0 Å². The molecule has 0 aromatic heterocycles. The van der Waals surface area contributed by atoms with Gasteiger partial charge in [-0.05, 0) is 18.1 Å². The SMILES string of the molecule is CCC(C(=O)O)c1ccc(F)c([N+](=O)[O-])c1. The van der Waals surface area contributed by atoms with Crippen LogP contribution in [0.5, 0.6) is 0 Å². The fourth-order valence-electron chi connectivity index (χ4n) is 1.44. The maximum absolute atomic E-state index is 13.0. The molecule has 1 aromatic rings. The summed E-state index contributed by atoms with van der Waals surface area (Å²) < 4.78 is 13.0. The molecule has 1 rings (SSSR count). The third-order valence-electron chi connectivity index (χ3n) is 2.28. The molecule has 0 heterocycles. The number of nitrogens with zero attached hydrogens (tertiary/aromatic N) is 1. The molecule has 1 unspecified atom stereocenters. The zero-order chi connectivity index (χ0) is 12.3. The summed E-state index contributed by atoms with van der Waals surface area (Å²) in [7, 11) is 0. The molecule has 0 saturated carbocycles. The number of carboxylic acids is 1. The van der Waals surface area contributed by atoms with E-state index in [0.29, 0.717) is 0 Å². The van der Waals surface area contributed by atoms with Crippen molar-refractivity contribution >= 4 is 11.7 Å². The van der Waals surface area contributed by atoms with Gasteiger partial charge in [-0.1, -0.05) is 13.0 Å². The largest absolute Gasteiger partial charge is 0.481 e. The summed E-state index contributed by atoms with van der Waals surface area (Å²) in [4.78, 5) is 20.4. The monoisotopic (exact) mass is 227 g/mol. The Morgan fingerprint density at radius 3 is 2.69 bits per heavy atom. The second-order valence-corrected chi connectivity index (χ2v) is 3.27. The van der Waals surface area contributed by atoms with Crippen LogP contribution in [-0.2, 0) is 4.79 Å². The van der Waals surface area contributed by atoms with E-state index < -0.39 is 28.3 Å². The third-order valence-corrected chi connectivity index (χ3v) is 2.28. The van der Waals surface area contributed by atoms with Gasteiger partial charge in [0.05, 0.1) is 10.8 Å². The zero-order valence-electron chi connectivity index (χ0n) is 8.51. The summed E-state index contributed by atoms with van der Waals surface area (Å²) in [5.74, 6) is -2.89. The van der Waals surface area contributed by atoms with Gasteiger partial charge in [0.25, 0.3) is 0 Å². The Kier molecular flexibility index (Phi) is 3.55. The maximum atomic E-state index is 13.0. The normalized spacial score (nSPS) is 12.1. The molecular formula is C10H10FNO4. The molecule has 0 spiro atoms. The Labute approximate surface area is 90.7 Å². The highest BCUT2D eigenvalue weighted by molar-refractivity contribution is 5.76. The minimum atomic E-state index is -1.08. The van der Waals surface area contributed by atoms with Crippen LogP contribution in [0, 0.1) is 15.9 Å². The van der Waals surface area contributed by atoms with Gasteiger partial charge in [0.1, 0.15) is 0 Å². The highest BCUT2D eigenvalue weighted by Crippen LogP contribution is 2.25. The summed E-state index contributed by atoms with van der Waals surface area (Å²) in [6.07, 6.45) is 0.290. The Morgan fingerprint density at radius 1 is 1.62 bits per heavy atom. The third kappa shape index (κ3) is 2.33. The molecule has 0 amide bonds. The second-order valence-electron chi connectivity index (χ2n) is 3.27. The van der Waals surface area contributed by atoms with Crippen LogP contribution in [0.25, 0.3) is 0 Å². The summed E-state index contributed by atoms with van der Waals surface area (Å²) in [5.41, 5.74) is -0.458.